The number of carbonyl (C=O) groups is 2. The molecule has 4 aromatic rings. The summed E-state index contributed by atoms with van der Waals surface area (Å²) in [4.78, 5) is 28.9. The molecule has 0 bridgehead atoms. The van der Waals surface area contributed by atoms with E-state index in [4.69, 9.17) is 11.6 Å². The van der Waals surface area contributed by atoms with Gasteiger partial charge in [-0.15, -0.1) is 0 Å². The third kappa shape index (κ3) is 6.80. The molecule has 0 aliphatic rings. The second-order valence-electron chi connectivity index (χ2n) is 8.47. The average molecular weight is 501 g/mol. The molecule has 1 atom stereocenters. The highest BCUT2D eigenvalue weighted by Crippen LogP contribution is 2.25. The maximum Gasteiger partial charge on any atom is 0.247 e. The molecule has 0 unspecified atom stereocenters. The molecule has 0 saturated heterocycles. The van der Waals surface area contributed by atoms with Gasteiger partial charge in [-0.1, -0.05) is 96.5 Å². The van der Waals surface area contributed by atoms with E-state index in [9.17, 15) is 14.0 Å². The number of amides is 2. The zero-order valence-electron chi connectivity index (χ0n) is 19.6. The van der Waals surface area contributed by atoms with Crippen LogP contribution in [0, 0.1) is 5.82 Å². The molecule has 0 saturated carbocycles. The normalized spacial score (nSPS) is 11.5. The molecule has 2 amide bonds. The monoisotopic (exact) mass is 500 g/mol. The third-order valence-corrected chi connectivity index (χ3v) is 6.09. The Morgan fingerprint density at radius 2 is 1.33 bits per heavy atom. The van der Waals surface area contributed by atoms with Crippen molar-refractivity contribution in [2.45, 2.75) is 25.6 Å². The Balaban J connectivity index is 1.66. The van der Waals surface area contributed by atoms with Gasteiger partial charge in [0.25, 0.3) is 0 Å². The fourth-order valence-electron chi connectivity index (χ4n) is 3.98. The lowest BCUT2D eigenvalue weighted by Crippen LogP contribution is -2.43. The summed E-state index contributed by atoms with van der Waals surface area (Å²) in [6.45, 7) is 0.441. The zero-order chi connectivity index (χ0) is 25.3. The van der Waals surface area contributed by atoms with Gasteiger partial charge in [-0.3, -0.25) is 9.59 Å². The van der Waals surface area contributed by atoms with Crippen molar-refractivity contribution in [2.75, 3.05) is 0 Å². The van der Waals surface area contributed by atoms with Gasteiger partial charge >= 0.3 is 0 Å². The van der Waals surface area contributed by atoms with Crippen LogP contribution in [0.1, 0.15) is 28.3 Å². The fraction of sp³-hybridized carbons (Fsp3) is 0.133. The van der Waals surface area contributed by atoms with Crippen molar-refractivity contribution < 1.29 is 14.0 Å². The van der Waals surface area contributed by atoms with Crippen LogP contribution in [0.4, 0.5) is 4.39 Å². The molecule has 0 aromatic heterocycles. The molecule has 182 valence electrons. The smallest absolute Gasteiger partial charge is 0.247 e. The minimum Gasteiger partial charge on any atom is -0.350 e. The van der Waals surface area contributed by atoms with Crippen molar-refractivity contribution in [3.05, 3.63) is 142 Å². The number of nitrogens with zero attached hydrogens (tertiary/aromatic N) is 1. The van der Waals surface area contributed by atoms with E-state index in [1.807, 2.05) is 72.8 Å². The van der Waals surface area contributed by atoms with Crippen molar-refractivity contribution in [1.82, 2.24) is 10.2 Å². The second-order valence-corrected chi connectivity index (χ2v) is 8.90. The van der Waals surface area contributed by atoms with E-state index in [0.29, 0.717) is 10.6 Å². The minimum absolute atomic E-state index is 0.135. The Labute approximate surface area is 215 Å². The summed E-state index contributed by atoms with van der Waals surface area (Å²) < 4.78 is 13.6. The Bertz CT molecular complexity index is 1280. The molecule has 0 fully saturated rings. The molecule has 0 spiro atoms. The molecular formula is C30H26ClFN2O2. The largest absolute Gasteiger partial charge is 0.350 e. The Hall–Kier alpha value is -3.96. The van der Waals surface area contributed by atoms with Crippen LogP contribution in [0.3, 0.4) is 0 Å². The van der Waals surface area contributed by atoms with Gasteiger partial charge in [-0.25, -0.2) is 4.39 Å². The molecule has 4 rings (SSSR count). The lowest BCUT2D eigenvalue weighted by molar-refractivity contribution is -0.141. The Morgan fingerprint density at radius 3 is 1.97 bits per heavy atom. The van der Waals surface area contributed by atoms with Gasteiger partial charge in [0.05, 0.1) is 6.42 Å². The maximum absolute atomic E-state index is 13.7. The van der Waals surface area contributed by atoms with Gasteiger partial charge in [-0.05, 0) is 46.5 Å². The number of carbonyl (C=O) groups excluding carboxylic acids is 2. The van der Waals surface area contributed by atoms with E-state index in [0.717, 1.165) is 16.7 Å². The molecule has 0 heterocycles. The summed E-state index contributed by atoms with van der Waals surface area (Å²) in [5, 5.41) is 3.59. The molecule has 4 aromatic carbocycles. The van der Waals surface area contributed by atoms with Crippen LogP contribution in [0.15, 0.2) is 109 Å². The summed E-state index contributed by atoms with van der Waals surface area (Å²) in [6, 6.07) is 30.9. The van der Waals surface area contributed by atoms with Crippen molar-refractivity contribution in [1.29, 1.82) is 0 Å². The van der Waals surface area contributed by atoms with Crippen LogP contribution in [-0.2, 0) is 29.1 Å². The summed E-state index contributed by atoms with van der Waals surface area (Å²) in [6.07, 6.45) is 0.135. The van der Waals surface area contributed by atoms with Gasteiger partial charge in [0.2, 0.25) is 11.8 Å². The number of hydrogen-bond donors (Lipinski definition) is 1. The van der Waals surface area contributed by atoms with Crippen molar-refractivity contribution in [2.24, 2.45) is 0 Å². The molecule has 0 aliphatic heterocycles. The minimum atomic E-state index is -0.875. The summed E-state index contributed by atoms with van der Waals surface area (Å²) in [5.74, 6) is -0.873. The van der Waals surface area contributed by atoms with Crippen LogP contribution in [0.2, 0.25) is 5.02 Å². The third-order valence-electron chi connectivity index (χ3n) is 5.84. The molecule has 36 heavy (non-hydrogen) atoms. The van der Waals surface area contributed by atoms with Crippen LogP contribution in [-0.4, -0.2) is 16.7 Å². The van der Waals surface area contributed by atoms with E-state index in [1.165, 1.54) is 12.1 Å². The fourth-order valence-corrected chi connectivity index (χ4v) is 4.10. The van der Waals surface area contributed by atoms with Crippen LogP contribution < -0.4 is 5.32 Å². The first-order valence-electron chi connectivity index (χ1n) is 11.6. The van der Waals surface area contributed by atoms with Gasteiger partial charge in [0, 0.05) is 18.1 Å². The SMILES string of the molecule is O=C(NCc1ccc(Cl)cc1)[C@H](c1ccccc1)N(Cc1ccc(F)cc1)C(=O)Cc1ccccc1. The second kappa shape index (κ2) is 12.1. The van der Waals surface area contributed by atoms with E-state index < -0.39 is 6.04 Å². The highest BCUT2D eigenvalue weighted by atomic mass is 35.5. The number of halogens is 2. The molecule has 1 N–H and O–H groups in total. The molecule has 0 aliphatic carbocycles. The number of nitrogens with one attached hydrogen (secondary N) is 1. The molecule has 6 heteroatoms. The van der Waals surface area contributed by atoms with Crippen LogP contribution in [0.25, 0.3) is 0 Å². The van der Waals surface area contributed by atoms with Crippen molar-refractivity contribution >= 4 is 23.4 Å². The standard InChI is InChI=1S/C30H26ClFN2O2/c31-26-15-11-23(12-16-26)20-33-30(36)29(25-9-5-2-6-10-25)34(21-24-13-17-27(32)18-14-24)28(35)19-22-7-3-1-4-8-22/h1-18,29H,19-21H2,(H,33,36)/t29-/m0/s1. The van der Waals surface area contributed by atoms with Gasteiger partial charge in [0.1, 0.15) is 11.9 Å². The number of hydrogen-bond acceptors (Lipinski definition) is 2. The average Bonchev–Trinajstić information content (AvgIpc) is 2.90. The molecule has 0 radical (unpaired) electrons. The van der Waals surface area contributed by atoms with Gasteiger partial charge in [-0.2, -0.15) is 0 Å². The van der Waals surface area contributed by atoms with Gasteiger partial charge < -0.3 is 10.2 Å². The molecular weight excluding hydrogens is 475 g/mol. The predicted octanol–water partition coefficient (Wildman–Crippen LogP) is 6.11. The Kier molecular flexibility index (Phi) is 8.48. The first-order valence-corrected chi connectivity index (χ1v) is 12.0. The first-order chi connectivity index (χ1) is 17.5. The summed E-state index contributed by atoms with van der Waals surface area (Å²) in [5.41, 5.74) is 3.15. The topological polar surface area (TPSA) is 49.4 Å². The first kappa shape index (κ1) is 25.1. The van der Waals surface area contributed by atoms with Crippen LogP contribution in [0.5, 0.6) is 0 Å². The van der Waals surface area contributed by atoms with Crippen LogP contribution >= 0.6 is 11.6 Å². The lowest BCUT2D eigenvalue weighted by atomic mass is 10.0. The Morgan fingerprint density at radius 1 is 0.750 bits per heavy atom. The highest BCUT2D eigenvalue weighted by Gasteiger charge is 2.31. The van der Waals surface area contributed by atoms with Crippen molar-refractivity contribution in [3.8, 4) is 0 Å². The summed E-state index contributed by atoms with van der Waals surface area (Å²) in [7, 11) is 0. The van der Waals surface area contributed by atoms with E-state index in [1.54, 1.807) is 29.2 Å². The van der Waals surface area contributed by atoms with E-state index >= 15 is 0 Å². The lowest BCUT2D eigenvalue weighted by Gasteiger charge is -2.32. The molecule has 4 nitrogen and oxygen atoms in total. The maximum atomic E-state index is 13.7. The predicted molar refractivity (Wildman–Crippen MR) is 140 cm³/mol. The van der Waals surface area contributed by atoms with Gasteiger partial charge in [0.15, 0.2) is 0 Å². The zero-order valence-corrected chi connectivity index (χ0v) is 20.4. The van der Waals surface area contributed by atoms with E-state index in [-0.39, 0.29) is 37.1 Å². The summed E-state index contributed by atoms with van der Waals surface area (Å²) >= 11 is 5.98. The van der Waals surface area contributed by atoms with Crippen molar-refractivity contribution in [3.63, 3.8) is 0 Å². The highest BCUT2D eigenvalue weighted by molar-refractivity contribution is 6.30. The van der Waals surface area contributed by atoms with E-state index in [2.05, 4.69) is 5.32 Å². The number of rotatable bonds is 9. The number of benzene rings is 4. The quantitative estimate of drug-likeness (QED) is 0.301.